The Balaban J connectivity index is 1.04. The Morgan fingerprint density at radius 2 is 1.67 bits per heavy atom. The number of aromatic amines is 1. The smallest absolute Gasteiger partial charge is 0.326 e. The molecule has 0 radical (unpaired) electrons. The van der Waals surface area contributed by atoms with Gasteiger partial charge in [0.1, 0.15) is 5.75 Å². The van der Waals surface area contributed by atoms with E-state index in [1.54, 1.807) is 0 Å². The van der Waals surface area contributed by atoms with Gasteiger partial charge in [-0.25, -0.2) is 4.79 Å². The number of imidazole rings is 1. The van der Waals surface area contributed by atoms with Crippen molar-refractivity contribution < 1.29 is 14.6 Å². The maximum Gasteiger partial charge on any atom is 0.326 e. The molecule has 1 atom stereocenters. The molecule has 0 spiro atoms. The number of aryl methyl sites for hydroxylation is 2. The summed E-state index contributed by atoms with van der Waals surface area (Å²) >= 11 is 0. The second kappa shape index (κ2) is 13.8. The third kappa shape index (κ3) is 6.48. The largest absolute Gasteiger partial charge is 0.507 e. The molecule has 3 aliphatic rings. The van der Waals surface area contributed by atoms with Crippen molar-refractivity contribution >= 4 is 27.8 Å². The molecule has 10 heteroatoms. The van der Waals surface area contributed by atoms with Crippen LogP contribution in [0.3, 0.4) is 0 Å². The molecule has 2 N–H and O–H groups in total. The number of aromatic nitrogens is 3. The summed E-state index contributed by atoms with van der Waals surface area (Å²) in [5.74, 6) is 0.256. The summed E-state index contributed by atoms with van der Waals surface area (Å²) in [7, 11) is 0. The van der Waals surface area contributed by atoms with Crippen LogP contribution in [0.15, 0.2) is 59.7 Å². The minimum atomic E-state index is -0.246. The van der Waals surface area contributed by atoms with Crippen molar-refractivity contribution in [1.29, 1.82) is 0 Å². The molecule has 3 aliphatic heterocycles. The summed E-state index contributed by atoms with van der Waals surface area (Å²) < 4.78 is 7.46. The van der Waals surface area contributed by atoms with Gasteiger partial charge in [-0.3, -0.25) is 19.2 Å². The first-order chi connectivity index (χ1) is 23.3. The number of para-hydroxylation sites is 1. The molecule has 0 bridgehead atoms. The van der Waals surface area contributed by atoms with Crippen molar-refractivity contribution in [3.8, 4) is 5.75 Å². The van der Waals surface area contributed by atoms with Crippen molar-refractivity contribution in [1.82, 2.24) is 29.2 Å². The van der Waals surface area contributed by atoms with E-state index in [1.165, 1.54) is 0 Å². The lowest BCUT2D eigenvalue weighted by Crippen LogP contribution is -2.54. The van der Waals surface area contributed by atoms with Gasteiger partial charge in [0.15, 0.2) is 0 Å². The highest BCUT2D eigenvalue weighted by atomic mass is 16.5. The van der Waals surface area contributed by atoms with E-state index in [0.29, 0.717) is 24.6 Å². The Morgan fingerprint density at radius 3 is 2.38 bits per heavy atom. The van der Waals surface area contributed by atoms with Crippen LogP contribution in [0.1, 0.15) is 54.8 Å². The van der Waals surface area contributed by atoms with Crippen LogP contribution in [0, 0.1) is 19.8 Å². The van der Waals surface area contributed by atoms with Gasteiger partial charge in [0.05, 0.1) is 22.7 Å². The lowest BCUT2D eigenvalue weighted by Gasteiger charge is -2.42. The van der Waals surface area contributed by atoms with Gasteiger partial charge in [-0.1, -0.05) is 36.9 Å². The lowest BCUT2D eigenvalue weighted by molar-refractivity contribution is -0.138. The van der Waals surface area contributed by atoms with Gasteiger partial charge < -0.3 is 24.6 Å². The summed E-state index contributed by atoms with van der Waals surface area (Å²) in [4.78, 5) is 42.1. The number of carbonyl (C=O) groups is 1. The lowest BCUT2D eigenvalue weighted by atomic mass is 9.90. The summed E-state index contributed by atoms with van der Waals surface area (Å²) in [6.45, 7) is 14.8. The van der Waals surface area contributed by atoms with Crippen LogP contribution in [-0.2, 0) is 16.0 Å². The van der Waals surface area contributed by atoms with Crippen LogP contribution in [0.25, 0.3) is 21.9 Å². The molecule has 3 saturated heterocycles. The van der Waals surface area contributed by atoms with Crippen LogP contribution in [0.5, 0.6) is 5.75 Å². The highest BCUT2D eigenvalue weighted by molar-refractivity contribution is 6.01. The van der Waals surface area contributed by atoms with Gasteiger partial charge in [-0.2, -0.15) is 0 Å². The van der Waals surface area contributed by atoms with Gasteiger partial charge in [-0.15, -0.1) is 0 Å². The van der Waals surface area contributed by atoms with Crippen LogP contribution in [0.2, 0.25) is 0 Å². The van der Waals surface area contributed by atoms with Crippen LogP contribution in [0.4, 0.5) is 0 Å². The number of allylic oxidation sites excluding steroid dienone is 1. The molecular weight excluding hydrogens is 604 g/mol. The number of benzene rings is 2. The highest BCUT2D eigenvalue weighted by Crippen LogP contribution is 2.32. The van der Waals surface area contributed by atoms with Crippen molar-refractivity contribution in [2.24, 2.45) is 5.92 Å². The van der Waals surface area contributed by atoms with Gasteiger partial charge in [-0.05, 0) is 75.1 Å². The number of piperazine rings is 1. The number of hydrogen-bond donors (Lipinski definition) is 2. The molecule has 2 aromatic carbocycles. The van der Waals surface area contributed by atoms with Gasteiger partial charge >= 0.3 is 5.69 Å². The Morgan fingerprint density at radius 1 is 0.979 bits per heavy atom. The highest BCUT2D eigenvalue weighted by Gasteiger charge is 2.33. The Labute approximate surface area is 282 Å². The van der Waals surface area contributed by atoms with Gasteiger partial charge in [0, 0.05) is 81.6 Å². The minimum Gasteiger partial charge on any atom is -0.507 e. The number of rotatable bonds is 8. The number of aromatic hydroxyl groups is 1. The SMILES string of the molecule is C=C(C[C@H](Cc1cc(C)c(O)c(C)c1)C(=O)N1CCN(C2CCOCC2)CC1)N1CCC(n2c(=O)[nH]c3c4ccccc4ncc32)CC1. The third-order valence-corrected chi connectivity index (χ3v) is 10.9. The van der Waals surface area contributed by atoms with Crippen LogP contribution >= 0.6 is 0 Å². The molecule has 1 amide bonds. The number of carbonyl (C=O) groups excluding carboxylic acids is 1. The number of likely N-dealkylation sites (tertiary alicyclic amines) is 1. The zero-order valence-corrected chi connectivity index (χ0v) is 28.3. The maximum absolute atomic E-state index is 14.2. The average molecular weight is 653 g/mol. The van der Waals surface area contributed by atoms with Gasteiger partial charge in [0.25, 0.3) is 0 Å². The zero-order valence-electron chi connectivity index (χ0n) is 28.3. The van der Waals surface area contributed by atoms with E-state index in [2.05, 4.69) is 31.2 Å². The van der Waals surface area contributed by atoms with Crippen molar-refractivity contribution in [2.45, 2.75) is 64.5 Å². The van der Waals surface area contributed by atoms with E-state index >= 15 is 0 Å². The molecule has 0 saturated carbocycles. The molecule has 0 unspecified atom stereocenters. The normalized spacial score (nSPS) is 19.3. The van der Waals surface area contributed by atoms with Crippen LogP contribution < -0.4 is 5.69 Å². The fourth-order valence-electron chi connectivity index (χ4n) is 8.25. The fraction of sp³-hybridized carbons (Fsp3) is 0.500. The average Bonchev–Trinajstić information content (AvgIpc) is 3.46. The Hall–Kier alpha value is -4.15. The number of nitrogens with one attached hydrogen (secondary N) is 1. The number of phenolic OH excluding ortho intramolecular Hbond substituents is 1. The predicted octanol–water partition coefficient (Wildman–Crippen LogP) is 4.92. The van der Waals surface area contributed by atoms with E-state index in [4.69, 9.17) is 4.74 Å². The first kappa shape index (κ1) is 32.4. The van der Waals surface area contributed by atoms with Gasteiger partial charge in [0.2, 0.25) is 5.91 Å². The minimum absolute atomic E-state index is 0.0608. The van der Waals surface area contributed by atoms with E-state index in [-0.39, 0.29) is 23.6 Å². The zero-order chi connectivity index (χ0) is 33.4. The number of fused-ring (bicyclic) bond motifs is 3. The number of phenols is 1. The molecule has 7 rings (SSSR count). The first-order valence-corrected chi connectivity index (χ1v) is 17.6. The molecule has 5 heterocycles. The maximum atomic E-state index is 14.2. The van der Waals surface area contributed by atoms with E-state index in [0.717, 1.165) is 122 Å². The van der Waals surface area contributed by atoms with Crippen molar-refractivity contribution in [3.63, 3.8) is 0 Å². The summed E-state index contributed by atoms with van der Waals surface area (Å²) in [6, 6.07) is 12.5. The molecule has 254 valence electrons. The second-order valence-corrected chi connectivity index (χ2v) is 14.0. The van der Waals surface area contributed by atoms with E-state index in [9.17, 15) is 14.7 Å². The topological polar surface area (TPSA) is 107 Å². The van der Waals surface area contributed by atoms with E-state index < -0.39 is 0 Å². The third-order valence-electron chi connectivity index (χ3n) is 10.9. The molecule has 2 aromatic heterocycles. The summed E-state index contributed by atoms with van der Waals surface area (Å²) in [5, 5.41) is 11.4. The fourth-order valence-corrected chi connectivity index (χ4v) is 8.25. The van der Waals surface area contributed by atoms with Crippen molar-refractivity contribution in [2.75, 3.05) is 52.5 Å². The van der Waals surface area contributed by atoms with Crippen LogP contribution in [-0.4, -0.2) is 98.8 Å². The molecule has 0 aliphatic carbocycles. The number of amides is 1. The number of hydrogen-bond acceptors (Lipinski definition) is 7. The number of H-pyrrole nitrogens is 1. The number of pyridine rings is 1. The first-order valence-electron chi connectivity index (χ1n) is 17.6. The standard InChI is InChI=1S/C38H48N6O4/c1-25-20-28(21-26(2)36(25)45)23-29(37(46)43-16-14-42(15-17-43)30-10-18-48-19-11-30)22-27(3)41-12-8-31(9-13-41)44-34-24-39-33-7-5-4-6-32(33)35(34)40-38(44)47/h4-7,20-21,24,29-31,45H,3,8-19,22-23H2,1-2H3,(H,40,47)/t29-/m1/s1. The number of piperidine rings is 1. The summed E-state index contributed by atoms with van der Waals surface area (Å²) in [5.41, 5.74) is 6.16. The molecular formula is C38H48N6O4. The summed E-state index contributed by atoms with van der Waals surface area (Å²) in [6.07, 6.45) is 6.73. The number of nitrogens with zero attached hydrogens (tertiary/aromatic N) is 5. The molecule has 48 heavy (non-hydrogen) atoms. The second-order valence-electron chi connectivity index (χ2n) is 14.0. The van der Waals surface area contributed by atoms with Crippen molar-refractivity contribution in [3.05, 3.63) is 82.0 Å². The number of ether oxygens (including phenoxy) is 1. The Kier molecular flexibility index (Phi) is 9.29. The predicted molar refractivity (Wildman–Crippen MR) is 188 cm³/mol. The quantitative estimate of drug-likeness (QED) is 0.278. The monoisotopic (exact) mass is 652 g/mol. The molecule has 4 aromatic rings. The molecule has 3 fully saturated rings. The Bertz CT molecular complexity index is 1840. The van der Waals surface area contributed by atoms with E-state index in [1.807, 2.05) is 61.0 Å². The molecule has 10 nitrogen and oxygen atoms in total.